The molecule has 9 heterocycles. The number of hydrogen-bond donors (Lipinski definition) is 12. The highest BCUT2D eigenvalue weighted by Gasteiger charge is 2.51. The summed E-state index contributed by atoms with van der Waals surface area (Å²) < 4.78 is 13.4. The number of piperidine rings is 6. The van der Waals surface area contributed by atoms with Crippen molar-refractivity contribution in [2.75, 3.05) is 63.1 Å². The fourth-order valence-corrected chi connectivity index (χ4v) is 17.9. The minimum Gasteiger partial charge on any atom is -0.461 e. The molecule has 0 saturated carbocycles. The molecule has 12 N–H and O–H groups in total. The lowest BCUT2D eigenvalue weighted by atomic mass is 9.79. The highest BCUT2D eigenvalue weighted by molar-refractivity contribution is 5.46. The molecule has 0 spiro atoms. The van der Waals surface area contributed by atoms with E-state index in [4.69, 9.17) is 54.3 Å². The van der Waals surface area contributed by atoms with E-state index in [1.54, 1.807) is 0 Å². The maximum absolute atomic E-state index is 11.4. The number of anilines is 7. The summed E-state index contributed by atoms with van der Waals surface area (Å²) in [6.45, 7) is 48.8. The zero-order valence-corrected chi connectivity index (χ0v) is 62.9. The first-order chi connectivity index (χ1) is 44.3. The van der Waals surface area contributed by atoms with E-state index in [0.717, 1.165) is 0 Å². The lowest BCUT2D eigenvalue weighted by Crippen LogP contribution is -2.61. The van der Waals surface area contributed by atoms with Crippen molar-refractivity contribution in [1.29, 1.82) is 0 Å². The summed E-state index contributed by atoms with van der Waals surface area (Å²) in [4.78, 5) is 46.9. The van der Waals surface area contributed by atoms with Crippen molar-refractivity contribution in [3.05, 3.63) is 0 Å². The van der Waals surface area contributed by atoms with Crippen molar-refractivity contribution in [3.63, 3.8) is 0 Å². The van der Waals surface area contributed by atoms with Crippen molar-refractivity contribution in [3.8, 4) is 12.0 Å². The number of nitrogens with zero attached hydrogens (tertiary/aromatic N) is 16. The molecule has 6 aliphatic heterocycles. The molecule has 3 aromatic rings. The zero-order valence-electron chi connectivity index (χ0n) is 62.9. The predicted octanol–water partition coefficient (Wildman–Crippen LogP) is 10.1. The van der Waals surface area contributed by atoms with E-state index in [1.807, 2.05) is 171 Å². The molecule has 30 heteroatoms. The fraction of sp³-hybridized carbons (Fsp3) is 0.866. The van der Waals surface area contributed by atoms with Crippen molar-refractivity contribution in [1.82, 2.24) is 75.2 Å². The Balaban J connectivity index is 1.08. The first-order valence-corrected chi connectivity index (χ1v) is 35.1. The highest BCUT2D eigenvalue weighted by atomic mass is 16.5. The molecule has 0 bridgehead atoms. The van der Waals surface area contributed by atoms with Gasteiger partial charge in [0, 0.05) is 103 Å². The summed E-state index contributed by atoms with van der Waals surface area (Å²) in [6, 6.07) is -0.686. The second-order valence-electron chi connectivity index (χ2n) is 36.6. The molecule has 0 unspecified atom stereocenters. The fourth-order valence-electron chi connectivity index (χ4n) is 17.9. The van der Waals surface area contributed by atoms with Gasteiger partial charge in [0.05, 0.1) is 13.1 Å². The van der Waals surface area contributed by atoms with E-state index in [1.165, 1.54) is 30.4 Å². The predicted molar refractivity (Wildman–Crippen MR) is 373 cm³/mol. The van der Waals surface area contributed by atoms with Gasteiger partial charge in [-0.1, -0.05) is 0 Å². The molecular formula is C67H122N22O8. The normalized spacial score (nSPS) is 26.2. The quantitative estimate of drug-likeness (QED) is 0.0471. The number of hydrogen-bond acceptors (Lipinski definition) is 30. The van der Waals surface area contributed by atoms with Crippen LogP contribution in [0.5, 0.6) is 12.0 Å². The van der Waals surface area contributed by atoms with Gasteiger partial charge in [0.15, 0.2) is 0 Å². The topological polar surface area (TPSA) is 351 Å². The van der Waals surface area contributed by atoms with Gasteiger partial charge in [0.25, 0.3) is 0 Å². The van der Waals surface area contributed by atoms with Crippen LogP contribution in [-0.2, 0) is 0 Å². The van der Waals surface area contributed by atoms with Crippen LogP contribution < -0.4 is 46.3 Å². The Morgan fingerprint density at radius 2 is 0.433 bits per heavy atom. The van der Waals surface area contributed by atoms with Gasteiger partial charge in [-0.3, -0.25) is 0 Å². The van der Waals surface area contributed by atoms with Crippen LogP contribution >= 0.6 is 0 Å². The Labute approximate surface area is 576 Å². The number of rotatable bonds is 21. The third-order valence-corrected chi connectivity index (χ3v) is 21.2. The van der Waals surface area contributed by atoms with E-state index in [2.05, 4.69) is 31.9 Å². The van der Waals surface area contributed by atoms with Crippen LogP contribution in [0.2, 0.25) is 0 Å². The van der Waals surface area contributed by atoms with Crippen molar-refractivity contribution in [2.24, 2.45) is 0 Å². The minimum absolute atomic E-state index is 0.0211. The van der Waals surface area contributed by atoms with Crippen LogP contribution in [0, 0.1) is 0 Å². The second kappa shape index (κ2) is 26.6. The third kappa shape index (κ3) is 17.4. The second-order valence-corrected chi connectivity index (χ2v) is 36.6. The Kier molecular flexibility index (Phi) is 20.8. The monoisotopic (exact) mass is 1360 g/mol. The van der Waals surface area contributed by atoms with Crippen LogP contribution in [-0.4, -0.2) is 236 Å². The molecule has 0 atom stereocenters. The zero-order chi connectivity index (χ0) is 72.0. The first-order valence-electron chi connectivity index (χ1n) is 35.1. The summed E-state index contributed by atoms with van der Waals surface area (Å²) in [5.74, 6) is 2.15. The van der Waals surface area contributed by atoms with Crippen molar-refractivity contribution >= 4 is 41.6 Å². The molecular weight excluding hydrogens is 1240 g/mol. The molecule has 30 nitrogen and oxygen atoms in total. The van der Waals surface area contributed by atoms with Gasteiger partial charge in [-0.05, 0) is 243 Å². The molecule has 6 saturated heterocycles. The van der Waals surface area contributed by atoms with Crippen LogP contribution in [0.25, 0.3) is 0 Å². The first kappa shape index (κ1) is 75.9. The smallest absolute Gasteiger partial charge is 0.323 e. The van der Waals surface area contributed by atoms with Crippen LogP contribution in [0.3, 0.4) is 0 Å². The molecule has 97 heavy (non-hydrogen) atoms. The number of ether oxygens (including phenoxy) is 2. The van der Waals surface area contributed by atoms with E-state index in [-0.39, 0.29) is 74.6 Å². The molecule has 9 rings (SSSR count). The van der Waals surface area contributed by atoms with E-state index < -0.39 is 66.5 Å². The average molecular weight is 1360 g/mol. The van der Waals surface area contributed by atoms with E-state index >= 15 is 0 Å². The summed E-state index contributed by atoms with van der Waals surface area (Å²) in [5, 5.41) is 98.2. The lowest BCUT2D eigenvalue weighted by Gasteiger charge is -2.51. The molecule has 3 aromatic heterocycles. The maximum atomic E-state index is 11.4. The van der Waals surface area contributed by atoms with Gasteiger partial charge in [0.1, 0.15) is 13.2 Å². The average Bonchev–Trinajstić information content (AvgIpc) is 0.803. The highest BCUT2D eigenvalue weighted by Crippen LogP contribution is 2.44. The molecule has 0 aliphatic carbocycles. The summed E-state index contributed by atoms with van der Waals surface area (Å²) in [5.41, 5.74) is -6.85. The number of nitrogens with one attached hydrogen (secondary N) is 6. The van der Waals surface area contributed by atoms with Gasteiger partial charge in [-0.2, -0.15) is 75.2 Å². The van der Waals surface area contributed by atoms with Crippen molar-refractivity contribution < 1.29 is 40.7 Å². The van der Waals surface area contributed by atoms with Gasteiger partial charge >= 0.3 is 12.0 Å². The Bertz CT molecular complexity index is 2800. The Morgan fingerprint density at radius 3 is 0.598 bits per heavy atom. The van der Waals surface area contributed by atoms with E-state index in [9.17, 15) is 31.2 Å². The molecule has 548 valence electrons. The van der Waals surface area contributed by atoms with Gasteiger partial charge in [-0.15, -0.1) is 0 Å². The molecule has 6 fully saturated rings. The number of aromatic nitrogens is 9. The SMILES string of the molecule is CC1(C)CC(Nc2nc(NC3CC(C)(C)N(O)C(C)(C)C3)nc(OCCN(CCOc3nc(NC4CC(C)(C)N(O)C(C)(C)C4)nc(NC4CC(C)(C)N(O)C(C)(C)C4)n3)c3nc(NC4CC(C)(C)N(O)C(C)(C)C4)nc(NC4CC(C)(C)N(O)C(C)(C)C4)n3)n2)CC(C)(C)N1O. The van der Waals surface area contributed by atoms with Gasteiger partial charge < -0.3 is 77.5 Å². The number of hydroxylamine groups is 12. The van der Waals surface area contributed by atoms with E-state index in [0.29, 0.717) is 119 Å². The Hall–Kier alpha value is -5.25. The third-order valence-electron chi connectivity index (χ3n) is 21.2. The molecule has 0 aromatic carbocycles. The molecule has 0 amide bonds. The summed E-state index contributed by atoms with van der Waals surface area (Å²) in [6.07, 6.45) is 7.10. The van der Waals surface area contributed by atoms with Gasteiger partial charge in [-0.25, -0.2) is 0 Å². The lowest BCUT2D eigenvalue weighted by molar-refractivity contribution is -0.243. The Morgan fingerprint density at radius 1 is 0.278 bits per heavy atom. The summed E-state index contributed by atoms with van der Waals surface area (Å²) >= 11 is 0. The minimum atomic E-state index is -0.588. The van der Waals surface area contributed by atoms with Crippen LogP contribution in [0.1, 0.15) is 243 Å². The van der Waals surface area contributed by atoms with Gasteiger partial charge in [0.2, 0.25) is 41.6 Å². The standard InChI is InChI=1S/C67H122N22O8/c1-56(2)29-41(30-57(3,4)84(56)90)68-47-74-48(69-42-31-58(5,6)85(91)59(7,8)32-42)78-53(77-47)83(25-27-96-54-79-49(70-43-33-60(9,10)86(92)61(11,12)34-43)75-50(80-54)71-44-35-62(13,14)87(93)63(15,16)36-44)26-28-97-55-81-51(72-45-37-64(17,18)88(94)65(19,20)38-45)76-52(82-55)73-46-39-66(21,22)89(95)67(23,24)40-46/h41-46,90-95H,25-40H2,1-24H3,(H2,68,69,74,77,78)(H2,70,71,75,79,80)(H2,72,73,76,81,82). The largest absolute Gasteiger partial charge is 0.461 e. The maximum Gasteiger partial charge on any atom is 0.323 e. The van der Waals surface area contributed by atoms with Crippen LogP contribution in [0.15, 0.2) is 0 Å². The molecule has 0 radical (unpaired) electrons. The molecule has 6 aliphatic rings. The van der Waals surface area contributed by atoms with Crippen molar-refractivity contribution in [2.45, 2.75) is 346 Å². The van der Waals surface area contributed by atoms with Crippen LogP contribution in [0.4, 0.5) is 41.6 Å². The summed E-state index contributed by atoms with van der Waals surface area (Å²) in [7, 11) is 0.